The summed E-state index contributed by atoms with van der Waals surface area (Å²) in [4.78, 5) is 42.9. The highest BCUT2D eigenvalue weighted by molar-refractivity contribution is 7.82. The first-order valence-electron chi connectivity index (χ1n) is 21.4. The van der Waals surface area contributed by atoms with Crippen LogP contribution in [0.3, 0.4) is 0 Å². The average Bonchev–Trinajstić information content (AvgIpc) is 3.18. The SMILES string of the molecule is CCCCCCN(CC(CN(CC(CN(CCCCCC)C(=O)COS(=O)(=O)O)OS(=O)(=O)O)CC(CN(CCCCCC)C(=O)COS(=O)(=O)O)OS(=O)(=O)O)OS(=O)(=O)O)C(=O)COS(=O)(=O)O. The number of hydrogen-bond donors (Lipinski definition) is 6. The number of carbonyl (C=O) groups is 3. The largest absolute Gasteiger partial charge is 0.397 e. The third-order valence-electron chi connectivity index (χ3n) is 9.33. The molecular formula is C33H66N4O27S6. The molecule has 3 unspecified atom stereocenters. The summed E-state index contributed by atoms with van der Waals surface area (Å²) in [5, 5.41) is 0. The van der Waals surface area contributed by atoms with Crippen LogP contribution >= 0.6 is 0 Å². The summed E-state index contributed by atoms with van der Waals surface area (Å²) < 4.78 is 226. The Morgan fingerprint density at radius 3 is 0.771 bits per heavy atom. The summed E-state index contributed by atoms with van der Waals surface area (Å²) in [5.74, 6) is -3.67. The molecule has 0 aliphatic heterocycles. The molecule has 0 saturated carbocycles. The minimum absolute atomic E-state index is 0.162. The van der Waals surface area contributed by atoms with E-state index in [9.17, 15) is 78.5 Å². The van der Waals surface area contributed by atoms with E-state index in [1.165, 1.54) is 0 Å². The van der Waals surface area contributed by atoms with E-state index in [1.54, 1.807) is 0 Å². The summed E-state index contributed by atoms with van der Waals surface area (Å²) in [7, 11) is -32.5. The van der Waals surface area contributed by atoms with Gasteiger partial charge in [-0.15, -0.1) is 0 Å². The molecule has 0 radical (unpaired) electrons. The van der Waals surface area contributed by atoms with Gasteiger partial charge in [0.05, 0.1) is 0 Å². The third kappa shape index (κ3) is 38.2. The first kappa shape index (κ1) is 67.6. The van der Waals surface area contributed by atoms with Crippen LogP contribution < -0.4 is 0 Å². The molecule has 0 bridgehead atoms. The maximum atomic E-state index is 13.3. The minimum Gasteiger partial charge on any atom is -0.338 e. The second-order valence-corrected chi connectivity index (χ2v) is 21.8. The molecule has 70 heavy (non-hydrogen) atoms. The zero-order chi connectivity index (χ0) is 54.0. The highest BCUT2D eigenvalue weighted by atomic mass is 32.3. The van der Waals surface area contributed by atoms with Gasteiger partial charge >= 0.3 is 62.4 Å². The van der Waals surface area contributed by atoms with E-state index in [-0.39, 0.29) is 38.9 Å². The van der Waals surface area contributed by atoms with Crippen LogP contribution in [0.4, 0.5) is 0 Å². The van der Waals surface area contributed by atoms with Gasteiger partial charge in [0.15, 0.2) is 0 Å². The Morgan fingerprint density at radius 1 is 0.357 bits per heavy atom. The fourth-order valence-electron chi connectivity index (χ4n) is 6.49. The topological polar surface area (TPSA) is 446 Å². The molecule has 416 valence electrons. The summed E-state index contributed by atoms with van der Waals surface area (Å²) in [5.41, 5.74) is 0. The lowest BCUT2D eigenvalue weighted by atomic mass is 10.1. The molecule has 0 aromatic heterocycles. The molecule has 3 amide bonds. The Morgan fingerprint density at radius 2 is 0.586 bits per heavy atom. The Bertz CT molecular complexity index is 2020. The summed E-state index contributed by atoms with van der Waals surface area (Å²) >= 11 is 0. The molecule has 0 rings (SSSR count). The Balaban J connectivity index is 7.91. The molecule has 0 heterocycles. The Hall–Kier alpha value is -2.41. The van der Waals surface area contributed by atoms with Crippen LogP contribution in [0.15, 0.2) is 0 Å². The molecule has 37 heteroatoms. The smallest absolute Gasteiger partial charge is 0.338 e. The summed E-state index contributed by atoms with van der Waals surface area (Å²) in [6, 6.07) is 0. The van der Waals surface area contributed by atoms with Crippen molar-refractivity contribution >= 4 is 80.1 Å². The van der Waals surface area contributed by atoms with E-state index >= 15 is 0 Å². The van der Waals surface area contributed by atoms with Crippen molar-refractivity contribution in [3.63, 3.8) is 0 Å². The number of unbranched alkanes of at least 4 members (excludes halogenated alkanes) is 9. The van der Waals surface area contributed by atoms with E-state index in [4.69, 9.17) is 26.2 Å². The van der Waals surface area contributed by atoms with Crippen molar-refractivity contribution < 1.29 is 117 Å². The molecule has 0 spiro atoms. The zero-order valence-electron chi connectivity index (χ0n) is 38.7. The van der Waals surface area contributed by atoms with Gasteiger partial charge in [-0.2, -0.15) is 50.5 Å². The fourth-order valence-corrected chi connectivity index (χ4v) is 8.63. The molecule has 3 atom stereocenters. The van der Waals surface area contributed by atoms with Crippen molar-refractivity contribution in [3.05, 3.63) is 0 Å². The van der Waals surface area contributed by atoms with Gasteiger partial charge in [0.1, 0.15) is 38.1 Å². The van der Waals surface area contributed by atoms with Gasteiger partial charge in [0.2, 0.25) is 17.7 Å². The van der Waals surface area contributed by atoms with Gasteiger partial charge in [-0.3, -0.25) is 46.6 Å². The van der Waals surface area contributed by atoms with Crippen LogP contribution in [-0.2, 0) is 102 Å². The van der Waals surface area contributed by atoms with E-state index in [1.807, 2.05) is 20.8 Å². The molecule has 0 aromatic carbocycles. The van der Waals surface area contributed by atoms with Gasteiger partial charge in [-0.05, 0) is 19.3 Å². The lowest BCUT2D eigenvalue weighted by Gasteiger charge is -2.36. The quantitative estimate of drug-likeness (QED) is 0.0333. The number of rotatable bonds is 42. The predicted molar refractivity (Wildman–Crippen MR) is 240 cm³/mol. The van der Waals surface area contributed by atoms with E-state index in [2.05, 4.69) is 12.5 Å². The standard InChI is InChI=1S/C33H66N4O27S6/c1-4-7-10-13-16-35(31(38)25-59-65(41,42)43)22-28(62-68(50,51)52)19-34(20-29(63-69(53,54)55)23-36(17-14-11-8-5-2)32(39)26-60-66(44,45)46)21-30(64-70(56,57)58)24-37(18-15-12-9-6-3)33(40)27-61-67(47,48)49/h28-30H,4-27H2,1-3H3,(H,41,42,43)(H,44,45,46)(H,47,48,49)(H,50,51,52)(H,53,54,55)(H,56,57,58). The van der Waals surface area contributed by atoms with E-state index in [0.29, 0.717) is 57.8 Å². The predicted octanol–water partition coefficient (Wildman–Crippen LogP) is -0.463. The fraction of sp³-hybridized carbons (Fsp3) is 0.909. The van der Waals surface area contributed by atoms with Crippen molar-refractivity contribution in [1.82, 2.24) is 19.6 Å². The maximum absolute atomic E-state index is 13.3. The van der Waals surface area contributed by atoms with Crippen LogP contribution in [0.5, 0.6) is 0 Å². The van der Waals surface area contributed by atoms with Gasteiger partial charge in [-0.25, -0.2) is 25.1 Å². The molecule has 0 fully saturated rings. The van der Waals surface area contributed by atoms with Crippen LogP contribution in [-0.4, -0.2) is 212 Å². The zero-order valence-corrected chi connectivity index (χ0v) is 43.6. The monoisotopic (exact) mass is 1140 g/mol. The average molecular weight is 1140 g/mol. The lowest BCUT2D eigenvalue weighted by molar-refractivity contribution is -0.135. The summed E-state index contributed by atoms with van der Waals surface area (Å²) in [6.45, 7) is -5.53. The third-order valence-corrected chi connectivity index (χ3v) is 12.1. The van der Waals surface area contributed by atoms with Gasteiger partial charge in [0.25, 0.3) is 0 Å². The number of amides is 3. The number of hydrogen-bond acceptors (Lipinski definition) is 22. The van der Waals surface area contributed by atoms with Crippen molar-refractivity contribution in [2.24, 2.45) is 0 Å². The maximum Gasteiger partial charge on any atom is 0.397 e. The van der Waals surface area contributed by atoms with Gasteiger partial charge in [0, 0.05) is 58.9 Å². The second kappa shape index (κ2) is 32.7. The van der Waals surface area contributed by atoms with Crippen LogP contribution in [0.2, 0.25) is 0 Å². The van der Waals surface area contributed by atoms with Gasteiger partial charge in [-0.1, -0.05) is 78.6 Å². The molecular weight excluding hydrogens is 1080 g/mol. The lowest BCUT2D eigenvalue weighted by Crippen LogP contribution is -2.53. The van der Waals surface area contributed by atoms with Crippen LogP contribution in [0.25, 0.3) is 0 Å². The van der Waals surface area contributed by atoms with Crippen LogP contribution in [0, 0.1) is 0 Å². The Labute approximate surface area is 410 Å². The highest BCUT2D eigenvalue weighted by Gasteiger charge is 2.34. The van der Waals surface area contributed by atoms with Crippen LogP contribution in [0.1, 0.15) is 97.8 Å². The second-order valence-electron chi connectivity index (χ2n) is 15.4. The molecule has 0 aromatic rings. The normalized spacial score (nSPS) is 14.3. The highest BCUT2D eigenvalue weighted by Crippen LogP contribution is 2.16. The Kier molecular flexibility index (Phi) is 31.6. The van der Waals surface area contributed by atoms with Crippen molar-refractivity contribution in [1.29, 1.82) is 0 Å². The number of carbonyl (C=O) groups excluding carboxylic acids is 3. The molecule has 0 saturated heterocycles. The minimum atomic E-state index is -5.59. The van der Waals surface area contributed by atoms with Crippen molar-refractivity contribution in [2.75, 3.05) is 78.7 Å². The molecule has 0 aliphatic rings. The van der Waals surface area contributed by atoms with E-state index < -0.39 is 158 Å². The van der Waals surface area contributed by atoms with Crippen molar-refractivity contribution in [2.45, 2.75) is 116 Å². The first-order chi connectivity index (χ1) is 32.0. The molecule has 31 nitrogen and oxygen atoms in total. The summed E-state index contributed by atoms with van der Waals surface area (Å²) in [6.07, 6.45) is -0.629. The molecule has 6 N–H and O–H groups in total. The number of nitrogens with zero attached hydrogens (tertiary/aromatic N) is 4. The van der Waals surface area contributed by atoms with Crippen molar-refractivity contribution in [3.8, 4) is 0 Å². The molecule has 0 aliphatic carbocycles. The van der Waals surface area contributed by atoms with Gasteiger partial charge < -0.3 is 14.7 Å². The first-order valence-corrected chi connectivity index (χ1v) is 29.6. The van der Waals surface area contributed by atoms with E-state index in [0.717, 1.165) is 19.6 Å².